The van der Waals surface area contributed by atoms with E-state index >= 15 is 0 Å². The second-order valence-electron chi connectivity index (χ2n) is 9.30. The number of carbonyl (C=O) groups excluding carboxylic acids is 2. The van der Waals surface area contributed by atoms with Crippen LogP contribution in [0.25, 0.3) is 0 Å². The third-order valence-electron chi connectivity index (χ3n) is 6.38. The number of hydrogen-bond acceptors (Lipinski definition) is 4. The molecule has 1 N–H and O–H groups in total. The lowest BCUT2D eigenvalue weighted by Gasteiger charge is -2.32. The SMILES string of the molecule is CC[C@H](C)NC(=O)[C@H](Cc1ccccc1)N(Cc1cccc(OC)c1)C(=O)CCCSc1ccc(Cl)cc1. The number of benzene rings is 3. The highest BCUT2D eigenvalue weighted by molar-refractivity contribution is 7.99. The molecule has 0 saturated carbocycles. The minimum atomic E-state index is -0.631. The van der Waals surface area contributed by atoms with E-state index in [2.05, 4.69) is 5.32 Å². The summed E-state index contributed by atoms with van der Waals surface area (Å²) >= 11 is 7.68. The number of halogens is 1. The van der Waals surface area contributed by atoms with Gasteiger partial charge in [0, 0.05) is 35.3 Å². The van der Waals surface area contributed by atoms with Crippen LogP contribution in [0.1, 0.15) is 44.2 Å². The summed E-state index contributed by atoms with van der Waals surface area (Å²) < 4.78 is 5.40. The van der Waals surface area contributed by atoms with Crippen LogP contribution in [0.3, 0.4) is 0 Å². The summed E-state index contributed by atoms with van der Waals surface area (Å²) in [5.74, 6) is 1.35. The number of rotatable bonds is 14. The van der Waals surface area contributed by atoms with Crippen LogP contribution in [0.15, 0.2) is 83.8 Å². The van der Waals surface area contributed by atoms with Crippen molar-refractivity contribution in [3.63, 3.8) is 0 Å². The predicted octanol–water partition coefficient (Wildman–Crippen LogP) is 6.78. The number of amides is 2. The number of methoxy groups -OCH3 is 1. The van der Waals surface area contributed by atoms with Gasteiger partial charge in [-0.1, -0.05) is 61.0 Å². The molecule has 0 aliphatic rings. The van der Waals surface area contributed by atoms with Crippen molar-refractivity contribution in [1.82, 2.24) is 10.2 Å². The Hall–Kier alpha value is -2.96. The van der Waals surface area contributed by atoms with Gasteiger partial charge in [0.2, 0.25) is 11.8 Å². The van der Waals surface area contributed by atoms with Gasteiger partial charge in [-0.15, -0.1) is 11.8 Å². The van der Waals surface area contributed by atoms with Gasteiger partial charge in [0.05, 0.1) is 7.11 Å². The molecular weight excluding hydrogens is 516 g/mol. The number of nitrogens with one attached hydrogen (secondary N) is 1. The molecule has 0 saturated heterocycles. The fourth-order valence-corrected chi connectivity index (χ4v) is 5.03. The number of hydrogen-bond donors (Lipinski definition) is 1. The van der Waals surface area contributed by atoms with Crippen molar-refractivity contribution in [3.05, 3.63) is 95.0 Å². The molecule has 0 spiro atoms. The van der Waals surface area contributed by atoms with Crippen LogP contribution in [0.4, 0.5) is 0 Å². The summed E-state index contributed by atoms with van der Waals surface area (Å²) in [5, 5.41) is 3.82. The minimum Gasteiger partial charge on any atom is -0.497 e. The Kier molecular flexibility index (Phi) is 12.0. The topological polar surface area (TPSA) is 58.6 Å². The standard InChI is InChI=1S/C31H37ClN2O3S/c1-4-23(2)33-31(36)29(21-24-10-6-5-7-11-24)34(22-25-12-8-13-27(20-25)37-3)30(35)14-9-19-38-28-17-15-26(32)16-18-28/h5-8,10-13,15-18,20,23,29H,4,9,14,19,21-22H2,1-3H3,(H,33,36)/t23-,29-/m0/s1. The number of ether oxygens (including phenoxy) is 1. The largest absolute Gasteiger partial charge is 0.497 e. The van der Waals surface area contributed by atoms with Crippen LogP contribution >= 0.6 is 23.4 Å². The third-order valence-corrected chi connectivity index (χ3v) is 7.73. The van der Waals surface area contributed by atoms with Gasteiger partial charge in [0.1, 0.15) is 11.8 Å². The van der Waals surface area contributed by atoms with E-state index in [-0.39, 0.29) is 17.9 Å². The van der Waals surface area contributed by atoms with Gasteiger partial charge in [-0.25, -0.2) is 0 Å². The molecule has 0 heterocycles. The Bertz CT molecular complexity index is 1160. The van der Waals surface area contributed by atoms with E-state index in [0.29, 0.717) is 30.8 Å². The fraction of sp³-hybridized carbons (Fsp3) is 0.355. The second kappa shape index (κ2) is 15.5. The highest BCUT2D eigenvalue weighted by Gasteiger charge is 2.30. The van der Waals surface area contributed by atoms with Gasteiger partial charge < -0.3 is 15.0 Å². The van der Waals surface area contributed by atoms with Gasteiger partial charge >= 0.3 is 0 Å². The molecule has 3 rings (SSSR count). The van der Waals surface area contributed by atoms with Crippen molar-refractivity contribution >= 4 is 35.2 Å². The molecule has 0 aliphatic heterocycles. The normalized spacial score (nSPS) is 12.4. The summed E-state index contributed by atoms with van der Waals surface area (Å²) in [6, 6.07) is 24.6. The molecule has 2 atom stereocenters. The summed E-state index contributed by atoms with van der Waals surface area (Å²) in [6.07, 6.45) is 2.31. The summed E-state index contributed by atoms with van der Waals surface area (Å²) in [5.41, 5.74) is 1.93. The molecular formula is C31H37ClN2O3S. The Morgan fingerprint density at radius 3 is 2.39 bits per heavy atom. The maximum atomic E-state index is 13.7. The maximum Gasteiger partial charge on any atom is 0.243 e. The monoisotopic (exact) mass is 552 g/mol. The summed E-state index contributed by atoms with van der Waals surface area (Å²) in [4.78, 5) is 30.2. The van der Waals surface area contributed by atoms with Gasteiger partial charge in [0.25, 0.3) is 0 Å². The lowest BCUT2D eigenvalue weighted by Crippen LogP contribution is -2.52. The molecule has 7 heteroatoms. The first-order valence-electron chi connectivity index (χ1n) is 13.0. The molecule has 0 bridgehead atoms. The molecule has 0 unspecified atom stereocenters. The Morgan fingerprint density at radius 1 is 1.00 bits per heavy atom. The zero-order valence-electron chi connectivity index (χ0n) is 22.4. The highest BCUT2D eigenvalue weighted by Crippen LogP contribution is 2.23. The van der Waals surface area contributed by atoms with Crippen molar-refractivity contribution in [2.45, 2.75) is 63.1 Å². The fourth-order valence-electron chi connectivity index (χ4n) is 4.05. The van der Waals surface area contributed by atoms with Crippen LogP contribution in [0, 0.1) is 0 Å². The summed E-state index contributed by atoms with van der Waals surface area (Å²) in [7, 11) is 1.62. The molecule has 2 amide bonds. The quantitative estimate of drug-likeness (QED) is 0.177. The third kappa shape index (κ3) is 9.41. The van der Waals surface area contributed by atoms with Crippen molar-refractivity contribution in [3.8, 4) is 5.75 Å². The van der Waals surface area contributed by atoms with Crippen molar-refractivity contribution in [2.24, 2.45) is 0 Å². The van der Waals surface area contributed by atoms with E-state index in [0.717, 1.165) is 33.9 Å². The van der Waals surface area contributed by atoms with E-state index < -0.39 is 6.04 Å². The zero-order chi connectivity index (χ0) is 27.3. The molecule has 0 aliphatic carbocycles. The van der Waals surface area contributed by atoms with Gasteiger partial charge in [-0.05, 0) is 73.0 Å². The van der Waals surface area contributed by atoms with Crippen LogP contribution in [0.2, 0.25) is 5.02 Å². The number of thioether (sulfide) groups is 1. The second-order valence-corrected chi connectivity index (χ2v) is 10.9. The Balaban J connectivity index is 1.81. The molecule has 3 aromatic carbocycles. The van der Waals surface area contributed by atoms with E-state index in [1.54, 1.807) is 23.8 Å². The Labute approximate surface area is 235 Å². The number of nitrogens with zero attached hydrogens (tertiary/aromatic N) is 1. The van der Waals surface area contributed by atoms with Crippen LogP contribution in [0.5, 0.6) is 5.75 Å². The molecule has 3 aromatic rings. The summed E-state index contributed by atoms with van der Waals surface area (Å²) in [6.45, 7) is 4.35. The maximum absolute atomic E-state index is 13.7. The van der Waals surface area contributed by atoms with Crippen molar-refractivity contribution in [1.29, 1.82) is 0 Å². The van der Waals surface area contributed by atoms with Crippen LogP contribution < -0.4 is 10.1 Å². The zero-order valence-corrected chi connectivity index (χ0v) is 23.9. The van der Waals surface area contributed by atoms with E-state index in [1.165, 1.54) is 0 Å². The minimum absolute atomic E-state index is 0.0188. The van der Waals surface area contributed by atoms with Gasteiger partial charge in [0.15, 0.2) is 0 Å². The van der Waals surface area contributed by atoms with Crippen LogP contribution in [-0.2, 0) is 22.6 Å². The van der Waals surface area contributed by atoms with Crippen molar-refractivity contribution in [2.75, 3.05) is 12.9 Å². The Morgan fingerprint density at radius 2 is 1.71 bits per heavy atom. The smallest absolute Gasteiger partial charge is 0.243 e. The van der Waals surface area contributed by atoms with Gasteiger partial charge in [-0.3, -0.25) is 9.59 Å². The molecule has 5 nitrogen and oxygen atoms in total. The molecule has 38 heavy (non-hydrogen) atoms. The highest BCUT2D eigenvalue weighted by atomic mass is 35.5. The predicted molar refractivity (Wildman–Crippen MR) is 157 cm³/mol. The van der Waals surface area contributed by atoms with E-state index in [9.17, 15) is 9.59 Å². The lowest BCUT2D eigenvalue weighted by molar-refractivity contribution is -0.141. The first kappa shape index (κ1) is 29.6. The average Bonchev–Trinajstić information content (AvgIpc) is 2.94. The first-order valence-corrected chi connectivity index (χ1v) is 14.4. The molecule has 0 radical (unpaired) electrons. The number of carbonyl (C=O) groups is 2. The van der Waals surface area contributed by atoms with Gasteiger partial charge in [-0.2, -0.15) is 0 Å². The lowest BCUT2D eigenvalue weighted by atomic mass is 10.0. The molecule has 0 aromatic heterocycles. The molecule has 202 valence electrons. The van der Waals surface area contributed by atoms with Crippen molar-refractivity contribution < 1.29 is 14.3 Å². The van der Waals surface area contributed by atoms with E-state index in [1.807, 2.05) is 92.7 Å². The first-order chi connectivity index (χ1) is 18.4. The average molecular weight is 553 g/mol. The molecule has 0 fully saturated rings. The van der Waals surface area contributed by atoms with E-state index in [4.69, 9.17) is 16.3 Å². The van der Waals surface area contributed by atoms with Crippen LogP contribution in [-0.4, -0.2) is 41.7 Å².